The average Bonchev–Trinajstić information content (AvgIpc) is 2.64. The molecule has 0 N–H and O–H groups in total. The molecule has 0 unspecified atom stereocenters. The van der Waals surface area contributed by atoms with E-state index in [4.69, 9.17) is 14.2 Å². The van der Waals surface area contributed by atoms with Crippen LogP contribution in [0.5, 0.6) is 17.2 Å². The largest absolute Gasteiger partial charge is 0.493 e. The van der Waals surface area contributed by atoms with E-state index in [2.05, 4.69) is 0 Å². The summed E-state index contributed by atoms with van der Waals surface area (Å²) in [5.41, 5.74) is 0.714. The zero-order chi connectivity index (χ0) is 18.2. The van der Waals surface area contributed by atoms with Crippen molar-refractivity contribution in [1.82, 2.24) is 4.90 Å². The third-order valence-electron chi connectivity index (χ3n) is 3.66. The van der Waals surface area contributed by atoms with Crippen molar-refractivity contribution in [2.24, 2.45) is 0 Å². The van der Waals surface area contributed by atoms with Crippen molar-refractivity contribution in [3.05, 3.63) is 35.9 Å². The molecular weight excluding hydrogens is 322 g/mol. The lowest BCUT2D eigenvalue weighted by molar-refractivity contribution is -0.139. The molecule has 2 rings (SSSR count). The van der Waals surface area contributed by atoms with E-state index in [-0.39, 0.29) is 11.8 Å². The van der Waals surface area contributed by atoms with Gasteiger partial charge in [-0.3, -0.25) is 14.5 Å². The summed E-state index contributed by atoms with van der Waals surface area (Å²) in [6.45, 7) is 2.96. The summed E-state index contributed by atoms with van der Waals surface area (Å²) in [5.74, 6) is 0.943. The molecule has 0 bridgehead atoms. The minimum absolute atomic E-state index is 0.292. The Morgan fingerprint density at radius 2 is 1.92 bits per heavy atom. The molecule has 1 aromatic rings. The number of nitrogens with zero attached hydrogens (tertiary/aromatic N) is 1. The van der Waals surface area contributed by atoms with Gasteiger partial charge in [-0.2, -0.15) is 0 Å². The Hall–Kier alpha value is -2.76. The Balaban J connectivity index is 2.22. The zero-order valence-corrected chi connectivity index (χ0v) is 14.8. The highest BCUT2D eigenvalue weighted by molar-refractivity contribution is 6.06. The van der Waals surface area contributed by atoms with Crippen molar-refractivity contribution in [3.8, 4) is 17.2 Å². The molecule has 0 fully saturated rings. The number of ether oxygens (including phenoxy) is 3. The predicted molar refractivity (Wildman–Crippen MR) is 94.8 cm³/mol. The number of amides is 2. The topological polar surface area (TPSA) is 65.1 Å². The molecular formula is C19H23NO5. The van der Waals surface area contributed by atoms with Gasteiger partial charge >= 0.3 is 0 Å². The highest BCUT2D eigenvalue weighted by atomic mass is 16.5. The van der Waals surface area contributed by atoms with E-state index in [1.165, 1.54) is 17.1 Å². The van der Waals surface area contributed by atoms with Crippen molar-refractivity contribution in [3.63, 3.8) is 0 Å². The molecule has 0 atom stereocenters. The highest BCUT2D eigenvalue weighted by Crippen LogP contribution is 2.39. The smallest absolute Gasteiger partial charge is 0.253 e. The zero-order valence-electron chi connectivity index (χ0n) is 14.8. The first-order valence-electron chi connectivity index (χ1n) is 8.19. The van der Waals surface area contributed by atoms with Crippen LogP contribution in [0.1, 0.15) is 25.3 Å². The number of carbonyl (C=O) groups is 2. The van der Waals surface area contributed by atoms with Gasteiger partial charge in [0.25, 0.3) is 11.8 Å². The summed E-state index contributed by atoms with van der Waals surface area (Å²) < 4.78 is 16.4. The molecule has 2 amide bonds. The van der Waals surface area contributed by atoms with Crippen molar-refractivity contribution in [1.29, 1.82) is 0 Å². The maximum Gasteiger partial charge on any atom is 0.253 e. The number of methoxy groups -OCH3 is 2. The second-order valence-corrected chi connectivity index (χ2v) is 5.46. The van der Waals surface area contributed by atoms with E-state index in [1.54, 1.807) is 38.5 Å². The van der Waals surface area contributed by atoms with E-state index in [0.29, 0.717) is 42.4 Å². The van der Waals surface area contributed by atoms with Gasteiger partial charge < -0.3 is 14.2 Å². The number of carbonyl (C=O) groups excluding carboxylic acids is 2. The Labute approximate surface area is 147 Å². The minimum atomic E-state index is -0.349. The monoisotopic (exact) mass is 345 g/mol. The van der Waals surface area contributed by atoms with Crippen LogP contribution in [-0.2, 0) is 9.59 Å². The third-order valence-corrected chi connectivity index (χ3v) is 3.66. The van der Waals surface area contributed by atoms with E-state index >= 15 is 0 Å². The SMILES string of the molecule is CCCOc1c(OC)cc(/C=C/C(=O)N2CCC=CC2=O)cc1OC. The van der Waals surface area contributed by atoms with Gasteiger partial charge in [0.2, 0.25) is 5.75 Å². The number of rotatable bonds is 7. The van der Waals surface area contributed by atoms with Crippen molar-refractivity contribution in [2.75, 3.05) is 27.4 Å². The number of imide groups is 1. The van der Waals surface area contributed by atoms with E-state index in [0.717, 1.165) is 6.42 Å². The van der Waals surface area contributed by atoms with Crippen molar-refractivity contribution < 1.29 is 23.8 Å². The van der Waals surface area contributed by atoms with Crippen molar-refractivity contribution in [2.45, 2.75) is 19.8 Å². The van der Waals surface area contributed by atoms with Gasteiger partial charge in [-0.05, 0) is 42.7 Å². The van der Waals surface area contributed by atoms with Gasteiger partial charge in [0.1, 0.15) is 0 Å². The molecule has 0 aromatic heterocycles. The second kappa shape index (κ2) is 8.92. The molecule has 1 aliphatic heterocycles. The van der Waals surface area contributed by atoms with Crippen LogP contribution in [0, 0.1) is 0 Å². The first kappa shape index (κ1) is 18.6. The van der Waals surface area contributed by atoms with Crippen LogP contribution in [0.2, 0.25) is 0 Å². The maximum atomic E-state index is 12.2. The van der Waals surface area contributed by atoms with E-state index < -0.39 is 0 Å². The molecule has 0 saturated carbocycles. The molecule has 0 radical (unpaired) electrons. The lowest BCUT2D eigenvalue weighted by Crippen LogP contribution is -2.37. The maximum absolute atomic E-state index is 12.2. The summed E-state index contributed by atoms with van der Waals surface area (Å²) in [7, 11) is 3.09. The quantitative estimate of drug-likeness (QED) is 0.711. The van der Waals surface area contributed by atoms with Gasteiger partial charge in [-0.25, -0.2) is 0 Å². The van der Waals surface area contributed by atoms with Gasteiger partial charge in [0, 0.05) is 12.6 Å². The highest BCUT2D eigenvalue weighted by Gasteiger charge is 2.19. The lowest BCUT2D eigenvalue weighted by Gasteiger charge is -2.19. The van der Waals surface area contributed by atoms with Gasteiger partial charge in [0.05, 0.1) is 20.8 Å². The lowest BCUT2D eigenvalue weighted by atomic mass is 10.1. The summed E-state index contributed by atoms with van der Waals surface area (Å²) in [4.78, 5) is 25.1. The Bertz CT molecular complexity index is 668. The van der Waals surface area contributed by atoms with Crippen LogP contribution in [0.25, 0.3) is 6.08 Å². The summed E-state index contributed by atoms with van der Waals surface area (Å²) in [6.07, 6.45) is 7.72. The molecule has 25 heavy (non-hydrogen) atoms. The number of benzene rings is 1. The number of hydrogen-bond donors (Lipinski definition) is 0. The standard InChI is InChI=1S/C19H23NO5/c1-4-11-25-19-15(23-2)12-14(13-16(19)24-3)8-9-18(22)20-10-6-5-7-17(20)21/h5,7-9,12-13H,4,6,10-11H2,1-3H3/b9-8+. The van der Waals surface area contributed by atoms with Crippen molar-refractivity contribution >= 4 is 17.9 Å². The second-order valence-electron chi connectivity index (χ2n) is 5.46. The minimum Gasteiger partial charge on any atom is -0.493 e. The summed E-state index contributed by atoms with van der Waals surface area (Å²) in [6, 6.07) is 3.52. The molecule has 6 nitrogen and oxygen atoms in total. The summed E-state index contributed by atoms with van der Waals surface area (Å²) >= 11 is 0. The Morgan fingerprint density at radius 3 is 2.48 bits per heavy atom. The fraction of sp³-hybridized carbons (Fsp3) is 0.368. The van der Waals surface area contributed by atoms with Crippen LogP contribution < -0.4 is 14.2 Å². The molecule has 1 heterocycles. The normalized spacial score (nSPS) is 14.0. The van der Waals surface area contributed by atoms with E-state index in [1.807, 2.05) is 6.92 Å². The molecule has 6 heteroatoms. The predicted octanol–water partition coefficient (Wildman–Crippen LogP) is 2.82. The van der Waals surface area contributed by atoms with E-state index in [9.17, 15) is 9.59 Å². The summed E-state index contributed by atoms with van der Waals surface area (Å²) in [5, 5.41) is 0. The van der Waals surface area contributed by atoms with Gasteiger partial charge in [-0.1, -0.05) is 13.0 Å². The Morgan fingerprint density at radius 1 is 1.24 bits per heavy atom. The molecule has 1 aliphatic rings. The van der Waals surface area contributed by atoms with Crippen LogP contribution in [0.15, 0.2) is 30.4 Å². The molecule has 0 spiro atoms. The number of hydrogen-bond acceptors (Lipinski definition) is 5. The fourth-order valence-corrected chi connectivity index (χ4v) is 2.41. The Kier molecular flexibility index (Phi) is 6.62. The first-order valence-corrected chi connectivity index (χ1v) is 8.19. The first-order chi connectivity index (χ1) is 12.1. The van der Waals surface area contributed by atoms with Gasteiger partial charge in [0.15, 0.2) is 11.5 Å². The third kappa shape index (κ3) is 4.62. The molecule has 1 aromatic carbocycles. The van der Waals surface area contributed by atoms with Gasteiger partial charge in [-0.15, -0.1) is 0 Å². The average molecular weight is 345 g/mol. The van der Waals surface area contributed by atoms with Crippen LogP contribution in [-0.4, -0.2) is 44.1 Å². The molecule has 0 aliphatic carbocycles. The fourth-order valence-electron chi connectivity index (χ4n) is 2.41. The molecule has 134 valence electrons. The van der Waals surface area contributed by atoms with Crippen LogP contribution >= 0.6 is 0 Å². The van der Waals surface area contributed by atoms with Crippen LogP contribution in [0.4, 0.5) is 0 Å². The van der Waals surface area contributed by atoms with Crippen LogP contribution in [0.3, 0.4) is 0 Å². The molecule has 0 saturated heterocycles.